The van der Waals surface area contributed by atoms with Gasteiger partial charge >= 0.3 is 0 Å². The summed E-state index contributed by atoms with van der Waals surface area (Å²) in [6.07, 6.45) is 0.553. The molecule has 2 saturated carbocycles. The van der Waals surface area contributed by atoms with E-state index in [0.717, 1.165) is 43.5 Å². The van der Waals surface area contributed by atoms with Gasteiger partial charge in [-0.3, -0.25) is 4.90 Å². The lowest BCUT2D eigenvalue weighted by Gasteiger charge is -2.20. The summed E-state index contributed by atoms with van der Waals surface area (Å²) in [5, 5.41) is 9.11. The van der Waals surface area contributed by atoms with Gasteiger partial charge in [0.1, 0.15) is 0 Å². The van der Waals surface area contributed by atoms with E-state index in [1.165, 1.54) is 13.1 Å². The van der Waals surface area contributed by atoms with Crippen LogP contribution < -0.4 is 0 Å². The van der Waals surface area contributed by atoms with Crippen LogP contribution in [0.3, 0.4) is 0 Å². The molecular formula is C13H22N2O2. The number of likely N-dealkylation sites (tertiary alicyclic amines) is 2. The number of hydrogen-bond acceptors (Lipinski definition) is 4. The topological polar surface area (TPSA) is 35.9 Å². The molecule has 4 fully saturated rings. The first kappa shape index (κ1) is 10.7. The molecule has 0 spiro atoms. The van der Waals surface area contributed by atoms with Crippen LogP contribution in [0.5, 0.6) is 0 Å². The van der Waals surface area contributed by atoms with E-state index in [0.29, 0.717) is 18.6 Å². The zero-order valence-corrected chi connectivity index (χ0v) is 10.5. The van der Waals surface area contributed by atoms with Crippen molar-refractivity contribution in [2.24, 2.45) is 29.6 Å². The number of ether oxygens (including phenoxy) is 1. The number of hydrogen-bond donors (Lipinski definition) is 1. The van der Waals surface area contributed by atoms with Crippen LogP contribution in [-0.2, 0) is 4.74 Å². The molecule has 0 bridgehead atoms. The minimum atomic E-state index is 0.392. The van der Waals surface area contributed by atoms with Gasteiger partial charge in [0.2, 0.25) is 0 Å². The van der Waals surface area contributed by atoms with Crippen molar-refractivity contribution < 1.29 is 9.84 Å². The van der Waals surface area contributed by atoms with Gasteiger partial charge in [0.05, 0.1) is 12.8 Å². The molecule has 96 valence electrons. The highest BCUT2D eigenvalue weighted by Crippen LogP contribution is 2.52. The van der Waals surface area contributed by atoms with E-state index >= 15 is 0 Å². The van der Waals surface area contributed by atoms with Crippen molar-refractivity contribution in [2.75, 3.05) is 46.6 Å². The largest absolute Gasteiger partial charge is 0.396 e. The van der Waals surface area contributed by atoms with Crippen LogP contribution in [0.1, 0.15) is 0 Å². The molecule has 6 atom stereocenters. The zero-order chi connectivity index (χ0) is 11.6. The normalized spacial score (nSPS) is 52.6. The quantitative estimate of drug-likeness (QED) is 0.729. The molecule has 2 saturated heterocycles. The Balaban J connectivity index is 1.19. The van der Waals surface area contributed by atoms with Crippen molar-refractivity contribution in [2.45, 2.75) is 6.10 Å². The van der Waals surface area contributed by atoms with Crippen LogP contribution in [0.25, 0.3) is 0 Å². The summed E-state index contributed by atoms with van der Waals surface area (Å²) in [7, 11) is 2.20. The number of piperidine rings is 2. The predicted octanol–water partition coefficient (Wildman–Crippen LogP) is -0.309. The fourth-order valence-corrected chi connectivity index (χ4v) is 4.23. The fraction of sp³-hybridized carbons (Fsp3) is 1.00. The summed E-state index contributed by atoms with van der Waals surface area (Å²) in [4.78, 5) is 4.84. The molecule has 0 aromatic carbocycles. The summed E-state index contributed by atoms with van der Waals surface area (Å²) in [5.41, 5.74) is 0. The molecule has 4 aliphatic rings. The van der Waals surface area contributed by atoms with E-state index in [2.05, 4.69) is 16.8 Å². The first-order valence-corrected chi connectivity index (χ1v) is 6.91. The van der Waals surface area contributed by atoms with Crippen molar-refractivity contribution >= 4 is 0 Å². The van der Waals surface area contributed by atoms with Crippen molar-refractivity contribution in [3.63, 3.8) is 0 Å². The summed E-state index contributed by atoms with van der Waals surface area (Å²) in [6.45, 7) is 5.98. The van der Waals surface area contributed by atoms with Crippen molar-refractivity contribution in [1.82, 2.24) is 9.80 Å². The fourth-order valence-electron chi connectivity index (χ4n) is 4.23. The molecule has 17 heavy (non-hydrogen) atoms. The third kappa shape index (κ3) is 1.65. The van der Waals surface area contributed by atoms with E-state index in [-0.39, 0.29) is 0 Å². The molecule has 4 heteroatoms. The lowest BCUT2D eigenvalue weighted by Crippen LogP contribution is -2.30. The minimum absolute atomic E-state index is 0.392. The van der Waals surface area contributed by atoms with E-state index in [1.54, 1.807) is 0 Å². The minimum Gasteiger partial charge on any atom is -0.396 e. The summed E-state index contributed by atoms with van der Waals surface area (Å²) >= 11 is 0. The van der Waals surface area contributed by atoms with Gasteiger partial charge in [-0.2, -0.15) is 0 Å². The summed E-state index contributed by atoms with van der Waals surface area (Å²) in [5.74, 6) is 3.80. The second-order valence-corrected chi connectivity index (χ2v) is 6.52. The van der Waals surface area contributed by atoms with Gasteiger partial charge in [-0.15, -0.1) is 0 Å². The number of aliphatic hydroxyl groups excluding tert-OH is 1. The van der Waals surface area contributed by atoms with Gasteiger partial charge in [0, 0.05) is 44.6 Å². The van der Waals surface area contributed by atoms with Gasteiger partial charge in [0.15, 0.2) is 0 Å². The number of aliphatic hydroxyl groups is 1. The summed E-state index contributed by atoms with van der Waals surface area (Å²) in [6, 6.07) is 0. The van der Waals surface area contributed by atoms with Crippen LogP contribution >= 0.6 is 0 Å². The van der Waals surface area contributed by atoms with Gasteiger partial charge in [-0.25, -0.2) is 0 Å². The zero-order valence-electron chi connectivity index (χ0n) is 10.5. The maximum absolute atomic E-state index is 9.11. The molecule has 2 aliphatic carbocycles. The molecule has 1 N–H and O–H groups in total. The molecule has 0 radical (unpaired) electrons. The monoisotopic (exact) mass is 238 g/mol. The molecule has 2 heterocycles. The van der Waals surface area contributed by atoms with E-state index in [1.807, 2.05) is 0 Å². The highest BCUT2D eigenvalue weighted by molar-refractivity contribution is 5.07. The molecule has 0 aromatic heterocycles. The maximum atomic E-state index is 9.11. The van der Waals surface area contributed by atoms with Crippen LogP contribution in [-0.4, -0.2) is 67.6 Å². The molecule has 4 rings (SSSR count). The second kappa shape index (κ2) is 3.67. The lowest BCUT2D eigenvalue weighted by molar-refractivity contribution is 0.00333. The summed E-state index contributed by atoms with van der Waals surface area (Å²) < 4.78 is 6.03. The van der Waals surface area contributed by atoms with Crippen LogP contribution in [0.4, 0.5) is 0 Å². The molecule has 2 unspecified atom stereocenters. The Hall–Kier alpha value is -0.160. The van der Waals surface area contributed by atoms with Crippen LogP contribution in [0.15, 0.2) is 0 Å². The smallest absolute Gasteiger partial charge is 0.0994 e. The molecule has 4 nitrogen and oxygen atoms in total. The number of nitrogens with zero attached hydrogens (tertiary/aromatic N) is 2. The van der Waals surface area contributed by atoms with Gasteiger partial charge < -0.3 is 14.7 Å². The van der Waals surface area contributed by atoms with E-state index in [9.17, 15) is 0 Å². The van der Waals surface area contributed by atoms with Gasteiger partial charge in [0.25, 0.3) is 0 Å². The van der Waals surface area contributed by atoms with Gasteiger partial charge in [-0.1, -0.05) is 0 Å². The van der Waals surface area contributed by atoms with Crippen molar-refractivity contribution in [3.05, 3.63) is 0 Å². The van der Waals surface area contributed by atoms with Gasteiger partial charge in [-0.05, 0) is 24.8 Å². The Morgan fingerprint density at radius 2 is 1.71 bits per heavy atom. The Bertz CT molecular complexity index is 301. The van der Waals surface area contributed by atoms with Crippen molar-refractivity contribution in [3.8, 4) is 0 Å². The number of fused-ring (bicyclic) bond motifs is 2. The van der Waals surface area contributed by atoms with Crippen LogP contribution in [0, 0.1) is 29.6 Å². The predicted molar refractivity (Wildman–Crippen MR) is 63.3 cm³/mol. The Morgan fingerprint density at radius 1 is 1.06 bits per heavy atom. The standard InChI is InChI=1S/C13H22N2O2/c1-14-2-10-11(3-14)13(10)17-7-15-4-8-9(5-15)12(8)6-16/h8-13,16H,2-7H2,1H3/t8-,9+,10-,11+,12?,13?. The SMILES string of the molecule is CN1C[C@@H]2C(OCN3C[C@@H]4C(CO)[C@@H]4C3)[C@@H]2C1. The second-order valence-electron chi connectivity index (χ2n) is 6.52. The maximum Gasteiger partial charge on any atom is 0.0994 e. The van der Waals surface area contributed by atoms with Crippen LogP contribution in [0.2, 0.25) is 0 Å². The number of rotatable bonds is 4. The average Bonchev–Trinajstić information content (AvgIpc) is 2.99. The molecule has 0 aromatic rings. The highest BCUT2D eigenvalue weighted by atomic mass is 16.5. The lowest BCUT2D eigenvalue weighted by atomic mass is 10.3. The van der Waals surface area contributed by atoms with E-state index < -0.39 is 0 Å². The van der Waals surface area contributed by atoms with E-state index in [4.69, 9.17) is 9.84 Å². The first-order valence-electron chi connectivity index (χ1n) is 6.91. The molecule has 2 aliphatic heterocycles. The Kier molecular flexibility index (Phi) is 2.32. The molecular weight excluding hydrogens is 216 g/mol. The average molecular weight is 238 g/mol. The third-order valence-corrected chi connectivity index (χ3v) is 5.41. The first-order chi connectivity index (χ1) is 8.28. The molecule has 0 amide bonds. The Labute approximate surface area is 103 Å². The van der Waals surface area contributed by atoms with Crippen molar-refractivity contribution in [1.29, 1.82) is 0 Å². The highest BCUT2D eigenvalue weighted by Gasteiger charge is 2.57. The Morgan fingerprint density at radius 3 is 2.29 bits per heavy atom. The third-order valence-electron chi connectivity index (χ3n) is 5.41.